The molecule has 0 amide bonds. The average molecular weight is 650 g/mol. The molecule has 0 atom stereocenters. The molecule has 0 unspecified atom stereocenters. The predicted octanol–water partition coefficient (Wildman–Crippen LogP) is 5.61. The molecule has 2 aliphatic rings. The van der Waals surface area contributed by atoms with Crippen LogP contribution in [0.15, 0.2) is 108 Å². The van der Waals surface area contributed by atoms with Crippen molar-refractivity contribution in [2.75, 3.05) is 0 Å². The monoisotopic (exact) mass is 650 g/mol. The van der Waals surface area contributed by atoms with Crippen molar-refractivity contribution in [1.82, 2.24) is 9.97 Å². The van der Waals surface area contributed by atoms with E-state index < -0.39 is 12.0 Å². The number of halogens is 2. The second-order valence-corrected chi connectivity index (χ2v) is 7.12. The van der Waals surface area contributed by atoms with Gasteiger partial charge in [0.2, 0.25) is 6.17 Å². The largest absolute Gasteiger partial charge is 0.876 e. The molecule has 0 saturated carbocycles. The third-order valence-corrected chi connectivity index (χ3v) is 4.09. The number of hydrogen-bond donors (Lipinski definition) is 0. The van der Waals surface area contributed by atoms with Crippen molar-refractivity contribution in [1.29, 1.82) is 0 Å². The molecule has 4 rings (SSSR count). The zero-order valence-electron chi connectivity index (χ0n) is 19.4. The first kappa shape index (κ1) is 29.6. The van der Waals surface area contributed by atoms with Gasteiger partial charge in [0.05, 0.1) is 17.0 Å². The molecule has 2 aromatic rings. The van der Waals surface area contributed by atoms with E-state index in [1.165, 1.54) is 19.8 Å². The first-order chi connectivity index (χ1) is 16.3. The zero-order chi connectivity index (χ0) is 24.9. The van der Waals surface area contributed by atoms with E-state index >= 15 is 0 Å². The van der Waals surface area contributed by atoms with E-state index in [0.29, 0.717) is 5.69 Å². The van der Waals surface area contributed by atoms with Crippen LogP contribution in [-0.4, -0.2) is 15.8 Å². The van der Waals surface area contributed by atoms with E-state index in [2.05, 4.69) is 34.4 Å². The molecule has 0 aliphatic heterocycles. The molecule has 2 aliphatic carbocycles. The number of carbonyl (C=O) groups is 1. The number of carbonyl (C=O) groups excluding carboxylic acids is 1. The van der Waals surface area contributed by atoms with E-state index in [-0.39, 0.29) is 37.2 Å². The molecular weight excluding hydrogens is 627 g/mol. The van der Waals surface area contributed by atoms with Crippen LogP contribution >= 0.6 is 0 Å². The van der Waals surface area contributed by atoms with E-state index in [4.69, 9.17) is 0 Å². The van der Waals surface area contributed by atoms with Gasteiger partial charge in [-0.2, -0.15) is 0 Å². The number of allylic oxidation sites excluding steroid dienone is 8. The van der Waals surface area contributed by atoms with Crippen LogP contribution in [-0.2, 0) is 24.9 Å². The van der Waals surface area contributed by atoms with Crippen LogP contribution in [0.1, 0.15) is 32.2 Å². The van der Waals surface area contributed by atoms with Gasteiger partial charge in [0.25, 0.3) is 0 Å². The summed E-state index contributed by atoms with van der Waals surface area (Å²) in [6.45, 7) is 4.75. The quantitative estimate of drug-likeness (QED) is 0.247. The number of pyridine rings is 2. The summed E-state index contributed by atoms with van der Waals surface area (Å²) in [6.07, 6.45) is 11.7. The molecule has 2 aromatic heterocycles. The zero-order valence-corrected chi connectivity index (χ0v) is 21.8. The smallest absolute Gasteiger partial charge is 0.208 e. The summed E-state index contributed by atoms with van der Waals surface area (Å²) >= 11 is 0. The van der Waals surface area contributed by atoms with Crippen LogP contribution in [0.5, 0.6) is 0 Å². The van der Waals surface area contributed by atoms with Gasteiger partial charge in [-0.15, -0.1) is 17.2 Å². The van der Waals surface area contributed by atoms with Gasteiger partial charge in [0.15, 0.2) is 5.78 Å². The summed E-state index contributed by atoms with van der Waals surface area (Å²) in [5.74, 6) is 0.210. The molecule has 0 N–H and O–H groups in total. The van der Waals surface area contributed by atoms with Crippen molar-refractivity contribution in [2.24, 2.45) is 0 Å². The van der Waals surface area contributed by atoms with Gasteiger partial charge < -0.3 is 5.11 Å². The molecule has 4 nitrogen and oxygen atoms in total. The van der Waals surface area contributed by atoms with Gasteiger partial charge in [0, 0.05) is 50.1 Å². The minimum Gasteiger partial charge on any atom is -0.876 e. The number of nitrogens with zero attached hydrogens (tertiary/aromatic N) is 2. The van der Waals surface area contributed by atoms with Crippen molar-refractivity contribution in [3.8, 4) is 0 Å². The fourth-order valence-corrected chi connectivity index (χ4v) is 2.62. The van der Waals surface area contributed by atoms with Gasteiger partial charge in [0.1, 0.15) is 5.83 Å². The normalized spacial score (nSPS) is 14.8. The van der Waals surface area contributed by atoms with Crippen LogP contribution in [0, 0.1) is 12.1 Å². The van der Waals surface area contributed by atoms with Gasteiger partial charge in [-0.3, -0.25) is 14.8 Å². The average Bonchev–Trinajstić information content (AvgIpc) is 2.81. The van der Waals surface area contributed by atoms with Crippen molar-refractivity contribution in [2.45, 2.75) is 20.8 Å². The summed E-state index contributed by atoms with van der Waals surface area (Å²) in [5, 5.41) is 9.98. The van der Waals surface area contributed by atoms with Gasteiger partial charge >= 0.3 is 0 Å². The van der Waals surface area contributed by atoms with Gasteiger partial charge in [-0.25, -0.2) is 8.78 Å². The minimum absolute atomic E-state index is 0. The van der Waals surface area contributed by atoms with Crippen LogP contribution in [0.3, 0.4) is 0 Å². The van der Waals surface area contributed by atoms with Crippen LogP contribution in [0.4, 0.5) is 8.78 Å². The Balaban J connectivity index is 0.000000274. The molecule has 7 heteroatoms. The number of hydrogen-bond acceptors (Lipinski definition) is 4. The summed E-state index contributed by atoms with van der Waals surface area (Å²) in [7, 11) is 0. The Morgan fingerprint density at radius 1 is 0.943 bits per heavy atom. The second kappa shape index (κ2) is 15.4. The molecule has 35 heavy (non-hydrogen) atoms. The summed E-state index contributed by atoms with van der Waals surface area (Å²) in [4.78, 5) is 18.2. The van der Waals surface area contributed by atoms with E-state index in [0.717, 1.165) is 29.5 Å². The topological polar surface area (TPSA) is 65.9 Å². The van der Waals surface area contributed by atoms with Crippen molar-refractivity contribution >= 4 is 16.9 Å². The molecule has 0 spiro atoms. The van der Waals surface area contributed by atoms with Crippen LogP contribution in [0.2, 0.25) is 0 Å². The van der Waals surface area contributed by atoms with Gasteiger partial charge in [-0.1, -0.05) is 32.1 Å². The standard InChI is InChI=1S/C12H10N.C11H6F2N.C5H8O2.Ir/c1-10-5-7-11(8-6-10)12-4-2-3-9-13-12;12-8-4-5-9(10(13)7-8)11-3-1-2-6-14-11;1-4(6)3-5(2)7;/h2-7,9H,1H3;1-4,6-7H;3,6H,1-2H3;/p-1/b;;4-3+;. The minimum atomic E-state index is -0.649. The van der Waals surface area contributed by atoms with Crippen molar-refractivity contribution < 1.29 is 38.8 Å². The molecule has 0 saturated heterocycles. The summed E-state index contributed by atoms with van der Waals surface area (Å²) in [5.41, 5.74) is 8.36. The van der Waals surface area contributed by atoms with Crippen LogP contribution < -0.4 is 5.11 Å². The van der Waals surface area contributed by atoms with E-state index in [1.807, 2.05) is 30.4 Å². The molecular formula is C28H23F2IrN2O2-. The van der Waals surface area contributed by atoms with Crippen LogP contribution in [0.25, 0.3) is 11.1 Å². The second-order valence-electron chi connectivity index (χ2n) is 7.12. The maximum atomic E-state index is 13.2. The Labute approximate surface area is 217 Å². The molecule has 181 valence electrons. The fourth-order valence-electron chi connectivity index (χ4n) is 2.62. The third-order valence-electron chi connectivity index (χ3n) is 4.09. The first-order valence-corrected chi connectivity index (χ1v) is 10.3. The van der Waals surface area contributed by atoms with Crippen molar-refractivity contribution in [3.63, 3.8) is 0 Å². The Hall–Kier alpha value is -3.46. The molecule has 0 fully saturated rings. The summed E-state index contributed by atoms with van der Waals surface area (Å²) < 4.78 is 25.8. The molecule has 0 bridgehead atoms. The van der Waals surface area contributed by atoms with Crippen molar-refractivity contribution in [3.05, 3.63) is 132 Å². The molecule has 0 aromatic carbocycles. The fraction of sp³-hybridized carbons (Fsp3) is 0.107. The Kier molecular flexibility index (Phi) is 13.0. The Bertz CT molecular complexity index is 1200. The molecule has 3 radical (unpaired) electrons. The molecule has 2 heterocycles. The summed E-state index contributed by atoms with van der Waals surface area (Å²) in [6, 6.07) is 11.0. The maximum absolute atomic E-state index is 13.2. The third kappa shape index (κ3) is 11.0. The number of rotatable bonds is 3. The Morgan fingerprint density at radius 2 is 1.57 bits per heavy atom. The maximum Gasteiger partial charge on any atom is 0.208 e. The number of aromatic nitrogens is 2. The first-order valence-electron chi connectivity index (χ1n) is 10.3. The Morgan fingerprint density at radius 3 is 2.00 bits per heavy atom. The predicted molar refractivity (Wildman–Crippen MR) is 127 cm³/mol. The van der Waals surface area contributed by atoms with Gasteiger partial charge in [-0.05, 0) is 55.5 Å². The van der Waals surface area contributed by atoms with E-state index in [1.54, 1.807) is 30.6 Å². The van der Waals surface area contributed by atoms with E-state index in [9.17, 15) is 18.7 Å². The SMILES string of the molecule is CC(=O)/C=C(\C)[O-].C[C]1C=C=C(c2ccccn2)C=C1.F[C]1C=C(F)C=C=C1c1ccccn1.[Ir]. The number of ketones is 1.